The summed E-state index contributed by atoms with van der Waals surface area (Å²) in [5.74, 6) is 0.264. The lowest BCUT2D eigenvalue weighted by Gasteiger charge is -2.13. The molecule has 4 nitrogen and oxygen atoms in total. The molecule has 1 atom stereocenters. The molecule has 100 valence electrons. The Bertz CT molecular complexity index is 379. The first-order valence-corrected chi connectivity index (χ1v) is 6.05. The summed E-state index contributed by atoms with van der Waals surface area (Å²) < 4.78 is 10.3. The van der Waals surface area contributed by atoms with Gasteiger partial charge in [0.15, 0.2) is 0 Å². The number of ether oxygens (including phenoxy) is 2. The van der Waals surface area contributed by atoms with Crippen molar-refractivity contribution < 1.29 is 19.4 Å². The van der Waals surface area contributed by atoms with Crippen molar-refractivity contribution in [3.63, 3.8) is 0 Å². The van der Waals surface area contributed by atoms with E-state index < -0.39 is 5.97 Å². The van der Waals surface area contributed by atoms with Gasteiger partial charge in [0.25, 0.3) is 0 Å². The molecule has 1 N–H and O–H groups in total. The molecule has 4 heteroatoms. The minimum atomic E-state index is -0.751. The molecule has 0 saturated carbocycles. The van der Waals surface area contributed by atoms with Crippen molar-refractivity contribution in [1.82, 2.24) is 0 Å². The Kier molecular flexibility index (Phi) is 5.49. The first kappa shape index (κ1) is 14.4. The van der Waals surface area contributed by atoms with Gasteiger partial charge in [0, 0.05) is 6.07 Å². The zero-order valence-corrected chi connectivity index (χ0v) is 11.1. The fraction of sp³-hybridized carbons (Fsp3) is 0.500. The standard InChI is InChI=1S/C14H20O4/c1-4-5-11(14(15)16)6-10-7-12(17-2)9-13(8-10)18-3/h7-9,11H,4-6H2,1-3H3,(H,15,16). The molecule has 1 rings (SSSR count). The van der Waals surface area contributed by atoms with E-state index in [2.05, 4.69) is 0 Å². The number of aliphatic carboxylic acids is 1. The molecule has 0 aliphatic rings. The average Bonchev–Trinajstić information content (AvgIpc) is 2.37. The lowest BCUT2D eigenvalue weighted by Crippen LogP contribution is -2.16. The van der Waals surface area contributed by atoms with Gasteiger partial charge >= 0.3 is 5.97 Å². The molecule has 1 unspecified atom stereocenters. The van der Waals surface area contributed by atoms with Gasteiger partial charge < -0.3 is 14.6 Å². The number of carboxylic acids is 1. The monoisotopic (exact) mass is 252 g/mol. The SMILES string of the molecule is CCCC(Cc1cc(OC)cc(OC)c1)C(=O)O. The third kappa shape index (κ3) is 3.95. The maximum atomic E-state index is 11.1. The van der Waals surface area contributed by atoms with Crippen molar-refractivity contribution in [3.8, 4) is 11.5 Å². The Balaban J connectivity index is 2.90. The quantitative estimate of drug-likeness (QED) is 0.810. The molecule has 0 radical (unpaired) electrons. The molecule has 0 saturated heterocycles. The van der Waals surface area contributed by atoms with Crippen molar-refractivity contribution in [1.29, 1.82) is 0 Å². The van der Waals surface area contributed by atoms with Crippen molar-refractivity contribution in [2.75, 3.05) is 14.2 Å². The molecular formula is C14H20O4. The van der Waals surface area contributed by atoms with Crippen molar-refractivity contribution in [3.05, 3.63) is 23.8 Å². The van der Waals surface area contributed by atoms with Gasteiger partial charge in [-0.15, -0.1) is 0 Å². The van der Waals surface area contributed by atoms with E-state index in [-0.39, 0.29) is 5.92 Å². The van der Waals surface area contributed by atoms with Crippen molar-refractivity contribution >= 4 is 5.97 Å². The van der Waals surface area contributed by atoms with E-state index >= 15 is 0 Å². The number of carbonyl (C=O) groups is 1. The molecule has 18 heavy (non-hydrogen) atoms. The summed E-state index contributed by atoms with van der Waals surface area (Å²) in [5.41, 5.74) is 0.923. The predicted octanol–water partition coefficient (Wildman–Crippen LogP) is 2.75. The first-order valence-electron chi connectivity index (χ1n) is 6.05. The average molecular weight is 252 g/mol. The van der Waals surface area contributed by atoms with E-state index in [1.165, 1.54) is 0 Å². The highest BCUT2D eigenvalue weighted by Crippen LogP contribution is 2.25. The van der Waals surface area contributed by atoms with Crippen LogP contribution in [-0.2, 0) is 11.2 Å². The summed E-state index contributed by atoms with van der Waals surface area (Å²) in [5, 5.41) is 9.16. The Morgan fingerprint density at radius 3 is 2.17 bits per heavy atom. The molecular weight excluding hydrogens is 232 g/mol. The van der Waals surface area contributed by atoms with Crippen molar-refractivity contribution in [2.24, 2.45) is 5.92 Å². The number of benzene rings is 1. The van der Waals surface area contributed by atoms with Gasteiger partial charge in [-0.25, -0.2) is 0 Å². The summed E-state index contributed by atoms with van der Waals surface area (Å²) in [7, 11) is 3.17. The number of methoxy groups -OCH3 is 2. The lowest BCUT2D eigenvalue weighted by atomic mass is 9.95. The van der Waals surface area contributed by atoms with Crippen LogP contribution in [0, 0.1) is 5.92 Å². The van der Waals surface area contributed by atoms with Crippen LogP contribution >= 0.6 is 0 Å². The molecule has 0 fully saturated rings. The van der Waals surface area contributed by atoms with Gasteiger partial charge in [-0.1, -0.05) is 13.3 Å². The molecule has 0 bridgehead atoms. The summed E-state index contributed by atoms with van der Waals surface area (Å²) in [6, 6.07) is 5.49. The fourth-order valence-corrected chi connectivity index (χ4v) is 1.93. The van der Waals surface area contributed by atoms with Crippen molar-refractivity contribution in [2.45, 2.75) is 26.2 Å². The summed E-state index contributed by atoms with van der Waals surface area (Å²) in [6.45, 7) is 1.99. The Morgan fingerprint density at radius 1 is 1.22 bits per heavy atom. The van der Waals surface area contributed by atoms with Crippen LogP contribution in [0.5, 0.6) is 11.5 Å². The highest BCUT2D eigenvalue weighted by Gasteiger charge is 2.17. The van der Waals surface area contributed by atoms with Crippen LogP contribution in [0.2, 0.25) is 0 Å². The van der Waals surface area contributed by atoms with Crippen LogP contribution in [0.25, 0.3) is 0 Å². The minimum Gasteiger partial charge on any atom is -0.497 e. The molecule has 0 aliphatic carbocycles. The second-order valence-corrected chi connectivity index (χ2v) is 4.25. The predicted molar refractivity (Wildman–Crippen MR) is 69.3 cm³/mol. The largest absolute Gasteiger partial charge is 0.497 e. The van der Waals surface area contributed by atoms with E-state index in [1.54, 1.807) is 20.3 Å². The van der Waals surface area contributed by atoms with E-state index in [0.717, 1.165) is 12.0 Å². The Labute approximate surface area is 108 Å². The zero-order valence-electron chi connectivity index (χ0n) is 11.1. The van der Waals surface area contributed by atoms with Crippen LogP contribution in [-0.4, -0.2) is 25.3 Å². The maximum Gasteiger partial charge on any atom is 0.306 e. The fourth-order valence-electron chi connectivity index (χ4n) is 1.93. The molecule has 0 spiro atoms. The van der Waals surface area contributed by atoms with Gasteiger partial charge in [-0.2, -0.15) is 0 Å². The molecule has 1 aromatic carbocycles. The molecule has 0 aromatic heterocycles. The van der Waals surface area contributed by atoms with Gasteiger partial charge in [0.2, 0.25) is 0 Å². The first-order chi connectivity index (χ1) is 8.60. The lowest BCUT2D eigenvalue weighted by molar-refractivity contribution is -0.141. The summed E-state index contributed by atoms with van der Waals surface area (Å²) >= 11 is 0. The molecule has 0 aliphatic heterocycles. The normalized spacial score (nSPS) is 11.9. The maximum absolute atomic E-state index is 11.1. The summed E-state index contributed by atoms with van der Waals surface area (Å²) in [4.78, 5) is 11.1. The van der Waals surface area contributed by atoms with E-state index in [1.807, 2.05) is 19.1 Å². The van der Waals surface area contributed by atoms with E-state index in [4.69, 9.17) is 14.6 Å². The number of hydrogen-bond acceptors (Lipinski definition) is 3. The third-order valence-electron chi connectivity index (χ3n) is 2.88. The van der Waals surface area contributed by atoms with E-state index in [0.29, 0.717) is 24.3 Å². The van der Waals surface area contributed by atoms with Gasteiger partial charge in [-0.05, 0) is 30.5 Å². The van der Waals surface area contributed by atoms with Crippen LogP contribution in [0.1, 0.15) is 25.3 Å². The second kappa shape index (κ2) is 6.89. The number of carboxylic acid groups (broad SMARTS) is 1. The second-order valence-electron chi connectivity index (χ2n) is 4.25. The highest BCUT2D eigenvalue weighted by molar-refractivity contribution is 5.70. The van der Waals surface area contributed by atoms with Crippen LogP contribution in [0.15, 0.2) is 18.2 Å². The topological polar surface area (TPSA) is 55.8 Å². The van der Waals surface area contributed by atoms with Gasteiger partial charge in [0.05, 0.1) is 20.1 Å². The smallest absolute Gasteiger partial charge is 0.306 e. The van der Waals surface area contributed by atoms with E-state index in [9.17, 15) is 4.79 Å². The Hall–Kier alpha value is -1.71. The number of rotatable bonds is 7. The summed E-state index contributed by atoms with van der Waals surface area (Å²) in [6.07, 6.45) is 2.03. The minimum absolute atomic E-state index is 0.355. The van der Waals surface area contributed by atoms with Gasteiger partial charge in [-0.3, -0.25) is 4.79 Å². The molecule has 0 amide bonds. The van der Waals surface area contributed by atoms with Crippen LogP contribution in [0.3, 0.4) is 0 Å². The van der Waals surface area contributed by atoms with Crippen LogP contribution < -0.4 is 9.47 Å². The zero-order chi connectivity index (χ0) is 13.5. The number of hydrogen-bond donors (Lipinski definition) is 1. The Morgan fingerprint density at radius 2 is 1.78 bits per heavy atom. The highest BCUT2D eigenvalue weighted by atomic mass is 16.5. The molecule has 0 heterocycles. The molecule has 1 aromatic rings. The van der Waals surface area contributed by atoms with Gasteiger partial charge in [0.1, 0.15) is 11.5 Å². The van der Waals surface area contributed by atoms with Crippen LogP contribution in [0.4, 0.5) is 0 Å². The third-order valence-corrected chi connectivity index (χ3v) is 2.88.